The molecule has 0 aliphatic carbocycles. The minimum Gasteiger partial charge on any atom is -0.468 e. The normalized spacial score (nSPS) is 22.5. The monoisotopic (exact) mass is 497 g/mol. The molecule has 2 aromatic rings. The number of rotatable bonds is 7. The highest BCUT2D eigenvalue weighted by atomic mass is 32.2. The van der Waals surface area contributed by atoms with E-state index in [0.29, 0.717) is 37.6 Å². The highest BCUT2D eigenvalue weighted by Crippen LogP contribution is 2.31. The molecule has 3 heterocycles. The topological polar surface area (TPSA) is 126 Å². The average Bonchev–Trinajstić information content (AvgIpc) is 3.35. The lowest BCUT2D eigenvalue weighted by Crippen LogP contribution is -2.43. The Morgan fingerprint density at radius 2 is 1.94 bits per heavy atom. The molecule has 2 aliphatic heterocycles. The fourth-order valence-corrected chi connectivity index (χ4v) is 7.27. The first-order valence-corrected chi connectivity index (χ1v) is 13.7. The van der Waals surface area contributed by atoms with Gasteiger partial charge in [-0.25, -0.2) is 25.9 Å². The molecule has 0 radical (unpaired) electrons. The first-order valence-electron chi connectivity index (χ1n) is 10.6. The van der Waals surface area contributed by atoms with Crippen LogP contribution in [0.5, 0.6) is 0 Å². The Morgan fingerprint density at radius 3 is 2.52 bits per heavy atom. The van der Waals surface area contributed by atoms with Crippen molar-refractivity contribution in [2.45, 2.75) is 24.8 Å². The van der Waals surface area contributed by atoms with Crippen LogP contribution in [-0.4, -0.2) is 66.2 Å². The molecule has 0 spiro atoms. The summed E-state index contributed by atoms with van der Waals surface area (Å²) in [5, 5.41) is 0. The maximum atomic E-state index is 13.1. The van der Waals surface area contributed by atoms with Crippen LogP contribution >= 0.6 is 0 Å². The summed E-state index contributed by atoms with van der Waals surface area (Å²) >= 11 is 0. The summed E-state index contributed by atoms with van der Waals surface area (Å²) in [5.74, 6) is -0.769. The van der Waals surface area contributed by atoms with Gasteiger partial charge in [-0.2, -0.15) is 0 Å². The fourth-order valence-electron chi connectivity index (χ4n) is 4.19. The summed E-state index contributed by atoms with van der Waals surface area (Å²) in [4.78, 5) is 14.5. The van der Waals surface area contributed by atoms with Crippen LogP contribution < -0.4 is 9.03 Å². The quantitative estimate of drug-likeness (QED) is 0.606. The average molecular weight is 498 g/mol. The van der Waals surface area contributed by atoms with Gasteiger partial charge in [0, 0.05) is 19.6 Å². The van der Waals surface area contributed by atoms with Crippen molar-refractivity contribution in [2.24, 2.45) is 5.92 Å². The third kappa shape index (κ3) is 4.85. The maximum absolute atomic E-state index is 13.1. The van der Waals surface area contributed by atoms with E-state index in [4.69, 9.17) is 9.15 Å². The number of furan rings is 1. The Labute approximate surface area is 193 Å². The van der Waals surface area contributed by atoms with Gasteiger partial charge in [-0.05, 0) is 42.8 Å². The maximum Gasteiger partial charge on any atom is 0.244 e. The van der Waals surface area contributed by atoms with Crippen LogP contribution in [0, 0.1) is 12.8 Å². The lowest BCUT2D eigenvalue weighted by molar-refractivity contribution is -0.119. The van der Waals surface area contributed by atoms with E-state index in [9.17, 15) is 21.6 Å². The number of benzene rings is 1. The Kier molecular flexibility index (Phi) is 6.65. The number of carbonyl (C=O) groups is 1. The van der Waals surface area contributed by atoms with Gasteiger partial charge in [0.25, 0.3) is 0 Å². The molecule has 10 nitrogen and oxygen atoms in total. The molecule has 2 saturated heterocycles. The number of anilines is 1. The first-order chi connectivity index (χ1) is 15.6. The van der Waals surface area contributed by atoms with Crippen molar-refractivity contribution in [1.82, 2.24) is 9.62 Å². The summed E-state index contributed by atoms with van der Waals surface area (Å²) in [6.45, 7) is 5.63. The molecular formula is C21H27N3O7S2. The van der Waals surface area contributed by atoms with E-state index in [1.807, 2.05) is 6.07 Å². The second-order valence-corrected chi connectivity index (χ2v) is 11.9. The summed E-state index contributed by atoms with van der Waals surface area (Å²) in [7, 11) is -7.68. The summed E-state index contributed by atoms with van der Waals surface area (Å²) in [5.41, 5.74) is 0.478. The van der Waals surface area contributed by atoms with Gasteiger partial charge in [-0.1, -0.05) is 6.92 Å². The van der Waals surface area contributed by atoms with Crippen LogP contribution in [0.4, 0.5) is 5.69 Å². The molecule has 2 fully saturated rings. The van der Waals surface area contributed by atoms with Crippen LogP contribution in [0.2, 0.25) is 0 Å². The Bertz CT molecular complexity index is 1220. The summed E-state index contributed by atoms with van der Waals surface area (Å²) in [6.07, 6.45) is 1.55. The fraction of sp³-hybridized carbons (Fsp3) is 0.476. The number of morpholine rings is 1. The number of amides is 1. The van der Waals surface area contributed by atoms with Crippen LogP contribution in [0.15, 0.2) is 45.9 Å². The van der Waals surface area contributed by atoms with E-state index < -0.39 is 31.9 Å². The predicted octanol–water partition coefficient (Wildman–Crippen LogP) is 1.25. The zero-order valence-corrected chi connectivity index (χ0v) is 20.1. The molecule has 1 aromatic carbocycles. The van der Waals surface area contributed by atoms with Gasteiger partial charge in [0.15, 0.2) is 0 Å². The molecule has 0 bridgehead atoms. The van der Waals surface area contributed by atoms with E-state index in [1.165, 1.54) is 18.2 Å². The molecule has 180 valence electrons. The van der Waals surface area contributed by atoms with Gasteiger partial charge >= 0.3 is 0 Å². The molecule has 1 amide bonds. The highest BCUT2D eigenvalue weighted by molar-refractivity contribution is 7.94. The Hall–Kier alpha value is -2.25. The molecule has 2 unspecified atom stereocenters. The van der Waals surface area contributed by atoms with Crippen molar-refractivity contribution in [3.8, 4) is 0 Å². The van der Waals surface area contributed by atoms with Crippen LogP contribution in [0.1, 0.15) is 24.3 Å². The molecular weight excluding hydrogens is 470 g/mol. The molecule has 0 saturated carbocycles. The first kappa shape index (κ1) is 23.9. The number of carbonyl (C=O) groups excluding carboxylic acids is 1. The van der Waals surface area contributed by atoms with E-state index in [-0.39, 0.29) is 28.9 Å². The summed E-state index contributed by atoms with van der Waals surface area (Å²) < 4.78 is 65.3. The van der Waals surface area contributed by atoms with Crippen molar-refractivity contribution in [2.75, 3.05) is 42.9 Å². The lowest BCUT2D eigenvalue weighted by atomic mass is 10.2. The van der Waals surface area contributed by atoms with Gasteiger partial charge in [-0.15, -0.1) is 0 Å². The van der Waals surface area contributed by atoms with Gasteiger partial charge in [-0.3, -0.25) is 9.69 Å². The van der Waals surface area contributed by atoms with Gasteiger partial charge in [0.05, 0.1) is 47.8 Å². The number of ether oxygens (including phenoxy) is 1. The second-order valence-electron chi connectivity index (χ2n) is 8.26. The van der Waals surface area contributed by atoms with Crippen molar-refractivity contribution >= 4 is 31.6 Å². The zero-order chi connectivity index (χ0) is 23.8. The zero-order valence-electron chi connectivity index (χ0n) is 18.4. The third-order valence-corrected chi connectivity index (χ3v) is 9.32. The molecule has 2 aliphatic rings. The molecule has 12 heteroatoms. The van der Waals surface area contributed by atoms with Crippen molar-refractivity contribution in [1.29, 1.82) is 0 Å². The number of sulfonamides is 2. The molecule has 2 atom stereocenters. The standard InChI is InChI=1S/C21H27N3O7S2/c1-15-12-17(24-21(25)16(2)14-32(24,26)27)5-6-20(15)33(28,29)22-13-18(19-4-3-9-31-19)23-7-10-30-11-8-23/h3-6,9,12,16,18,22H,7-8,10-11,13-14H2,1-2H3. The number of nitrogens with zero attached hydrogens (tertiary/aromatic N) is 2. The second kappa shape index (κ2) is 9.18. The van der Waals surface area contributed by atoms with E-state index >= 15 is 0 Å². The molecule has 1 aromatic heterocycles. The molecule has 1 N–H and O–H groups in total. The predicted molar refractivity (Wildman–Crippen MR) is 121 cm³/mol. The number of nitrogens with one attached hydrogen (secondary N) is 1. The van der Waals surface area contributed by atoms with Gasteiger partial charge in [0.2, 0.25) is 26.0 Å². The third-order valence-electron chi connectivity index (χ3n) is 5.87. The number of hydrogen-bond acceptors (Lipinski definition) is 8. The van der Waals surface area contributed by atoms with Gasteiger partial charge in [0.1, 0.15) is 5.76 Å². The van der Waals surface area contributed by atoms with E-state index in [1.54, 1.807) is 26.2 Å². The van der Waals surface area contributed by atoms with Crippen LogP contribution in [-0.2, 0) is 29.6 Å². The van der Waals surface area contributed by atoms with Crippen molar-refractivity contribution in [3.05, 3.63) is 47.9 Å². The largest absolute Gasteiger partial charge is 0.468 e. The summed E-state index contributed by atoms with van der Waals surface area (Å²) in [6, 6.07) is 7.36. The minimum absolute atomic E-state index is 0.0171. The number of hydrogen-bond donors (Lipinski definition) is 1. The lowest BCUT2D eigenvalue weighted by Gasteiger charge is -2.33. The van der Waals surface area contributed by atoms with Crippen molar-refractivity contribution < 1.29 is 30.8 Å². The highest BCUT2D eigenvalue weighted by Gasteiger charge is 2.42. The van der Waals surface area contributed by atoms with Crippen molar-refractivity contribution in [3.63, 3.8) is 0 Å². The van der Waals surface area contributed by atoms with Gasteiger partial charge < -0.3 is 9.15 Å². The molecule has 4 rings (SSSR count). The smallest absolute Gasteiger partial charge is 0.244 e. The number of aryl methyl sites for hydroxylation is 1. The minimum atomic E-state index is -3.91. The van der Waals surface area contributed by atoms with Crippen LogP contribution in [0.3, 0.4) is 0 Å². The molecule has 33 heavy (non-hydrogen) atoms. The Balaban J connectivity index is 1.55. The van der Waals surface area contributed by atoms with Crippen LogP contribution in [0.25, 0.3) is 0 Å². The van der Waals surface area contributed by atoms with E-state index in [2.05, 4.69) is 9.62 Å². The van der Waals surface area contributed by atoms with E-state index in [0.717, 1.165) is 4.31 Å². The Morgan fingerprint density at radius 1 is 1.21 bits per heavy atom. The SMILES string of the molecule is Cc1cc(N2C(=O)C(C)CS2(=O)=O)ccc1S(=O)(=O)NCC(c1ccco1)N1CCOCC1.